The van der Waals surface area contributed by atoms with Crippen molar-refractivity contribution in [2.75, 3.05) is 5.75 Å². The van der Waals surface area contributed by atoms with E-state index < -0.39 is 23.4 Å². The van der Waals surface area contributed by atoms with Gasteiger partial charge in [-0.3, -0.25) is 15.0 Å². The molecule has 0 aliphatic carbocycles. The molecule has 1 aliphatic rings. The smallest absolute Gasteiger partial charge is 0.318 e. The van der Waals surface area contributed by atoms with Gasteiger partial charge in [0.2, 0.25) is 5.91 Å². The quantitative estimate of drug-likeness (QED) is 0.615. The maximum absolute atomic E-state index is 12.8. The molecule has 2 aromatic carbocycles. The van der Waals surface area contributed by atoms with Gasteiger partial charge in [-0.1, -0.05) is 36.4 Å². The summed E-state index contributed by atoms with van der Waals surface area (Å²) in [5.41, 5.74) is 4.20. The van der Waals surface area contributed by atoms with Gasteiger partial charge in [-0.05, 0) is 49.6 Å². The van der Waals surface area contributed by atoms with Crippen LogP contribution in [-0.2, 0) is 15.1 Å². The number of nitrogens with zero attached hydrogens (tertiary/aromatic N) is 1. The van der Waals surface area contributed by atoms with Crippen molar-refractivity contribution in [3.63, 3.8) is 0 Å². The zero-order valence-corrected chi connectivity index (χ0v) is 16.2. The average Bonchev–Trinajstić information content (AvgIpc) is 2.87. The van der Waals surface area contributed by atoms with Crippen molar-refractivity contribution < 1.29 is 14.4 Å². The summed E-state index contributed by atoms with van der Waals surface area (Å²) in [4.78, 5) is 38.2. The number of hydrazine groups is 1. The van der Waals surface area contributed by atoms with Crippen LogP contribution < -0.4 is 10.7 Å². The first-order chi connectivity index (χ1) is 12.8. The zero-order valence-electron chi connectivity index (χ0n) is 15.4. The maximum Gasteiger partial charge on any atom is 0.344 e. The number of hydrogen-bond donors (Lipinski definition) is 2. The first kappa shape index (κ1) is 19.0. The lowest BCUT2D eigenvalue weighted by atomic mass is 9.92. The molecule has 6 nitrogen and oxygen atoms in total. The van der Waals surface area contributed by atoms with Gasteiger partial charge in [0.15, 0.2) is 0 Å². The Morgan fingerprint density at radius 1 is 1.11 bits per heavy atom. The lowest BCUT2D eigenvalue weighted by Gasteiger charge is -2.22. The number of carbonyl (C=O) groups is 3. The van der Waals surface area contributed by atoms with E-state index in [0.29, 0.717) is 5.56 Å². The third-order valence-corrected chi connectivity index (χ3v) is 5.62. The number of nitrogens with one attached hydrogen (secondary N) is 2. The minimum atomic E-state index is -1.20. The van der Waals surface area contributed by atoms with Gasteiger partial charge in [-0.2, -0.15) is 5.01 Å². The molecule has 0 saturated carbocycles. The number of hydrogen-bond acceptors (Lipinski definition) is 4. The molecular weight excluding hydrogens is 362 g/mol. The van der Waals surface area contributed by atoms with Crippen molar-refractivity contribution >= 4 is 29.6 Å². The summed E-state index contributed by atoms with van der Waals surface area (Å²) in [5, 5.41) is 3.42. The van der Waals surface area contributed by atoms with Crippen molar-refractivity contribution in [1.82, 2.24) is 15.8 Å². The number of thioether (sulfide) groups is 1. The fourth-order valence-electron chi connectivity index (χ4n) is 2.82. The first-order valence-corrected chi connectivity index (χ1v) is 9.51. The van der Waals surface area contributed by atoms with E-state index >= 15 is 0 Å². The Hall–Kier alpha value is -2.80. The molecule has 140 valence electrons. The van der Waals surface area contributed by atoms with Crippen LogP contribution in [0, 0.1) is 13.8 Å². The van der Waals surface area contributed by atoms with Crippen LogP contribution in [-0.4, -0.2) is 28.6 Å². The molecule has 0 spiro atoms. The van der Waals surface area contributed by atoms with Crippen LogP contribution >= 0.6 is 11.8 Å². The van der Waals surface area contributed by atoms with Gasteiger partial charge in [0.1, 0.15) is 5.54 Å². The molecule has 1 aliphatic heterocycles. The minimum absolute atomic E-state index is 0.0988. The van der Waals surface area contributed by atoms with E-state index in [2.05, 4.69) is 10.7 Å². The van der Waals surface area contributed by atoms with Gasteiger partial charge in [-0.25, -0.2) is 4.79 Å². The van der Waals surface area contributed by atoms with E-state index in [-0.39, 0.29) is 5.75 Å². The van der Waals surface area contributed by atoms with E-state index in [1.54, 1.807) is 31.2 Å². The predicted octanol–water partition coefficient (Wildman–Crippen LogP) is 2.89. The summed E-state index contributed by atoms with van der Waals surface area (Å²) in [6.45, 7) is 5.66. The second-order valence-electron chi connectivity index (χ2n) is 6.63. The molecule has 0 radical (unpaired) electrons. The summed E-state index contributed by atoms with van der Waals surface area (Å²) in [6, 6.07) is 14.3. The van der Waals surface area contributed by atoms with Gasteiger partial charge < -0.3 is 5.32 Å². The summed E-state index contributed by atoms with van der Waals surface area (Å²) < 4.78 is 0. The Balaban J connectivity index is 1.64. The number of imide groups is 1. The molecule has 4 amide bonds. The second-order valence-corrected chi connectivity index (χ2v) is 7.68. The molecule has 0 aromatic heterocycles. The second kappa shape index (κ2) is 7.44. The van der Waals surface area contributed by atoms with E-state index in [1.807, 2.05) is 38.1 Å². The number of carbonyl (C=O) groups excluding carboxylic acids is 3. The van der Waals surface area contributed by atoms with Gasteiger partial charge in [-0.15, -0.1) is 11.8 Å². The Bertz CT molecular complexity index is 901. The molecule has 0 unspecified atom stereocenters. The Kier molecular flexibility index (Phi) is 5.23. The highest BCUT2D eigenvalue weighted by Gasteiger charge is 2.49. The van der Waals surface area contributed by atoms with Crippen LogP contribution in [0.3, 0.4) is 0 Å². The molecule has 1 atom stereocenters. The van der Waals surface area contributed by atoms with Crippen LogP contribution in [0.4, 0.5) is 4.79 Å². The number of urea groups is 1. The molecule has 27 heavy (non-hydrogen) atoms. The Labute approximate surface area is 162 Å². The SMILES string of the molecule is Cc1ccc(SCC(=O)NN2C(=O)N[C@@](C)(c3ccccc3)C2=O)cc1C. The number of benzene rings is 2. The van der Waals surface area contributed by atoms with Gasteiger partial charge in [0, 0.05) is 4.90 Å². The van der Waals surface area contributed by atoms with E-state index in [1.165, 1.54) is 17.3 Å². The van der Waals surface area contributed by atoms with Crippen LogP contribution in [0.15, 0.2) is 53.4 Å². The molecule has 2 aromatic rings. The summed E-state index contributed by atoms with van der Waals surface area (Å²) in [6.07, 6.45) is 0. The largest absolute Gasteiger partial charge is 0.344 e. The van der Waals surface area contributed by atoms with Crippen molar-refractivity contribution in [2.24, 2.45) is 0 Å². The monoisotopic (exact) mass is 383 g/mol. The number of amides is 4. The molecular formula is C20H21N3O3S. The third kappa shape index (κ3) is 3.83. The predicted molar refractivity (Wildman–Crippen MR) is 104 cm³/mol. The highest BCUT2D eigenvalue weighted by Crippen LogP contribution is 2.28. The topological polar surface area (TPSA) is 78.5 Å². The lowest BCUT2D eigenvalue weighted by molar-refractivity contribution is -0.138. The van der Waals surface area contributed by atoms with E-state index in [0.717, 1.165) is 15.5 Å². The van der Waals surface area contributed by atoms with Gasteiger partial charge in [0.05, 0.1) is 5.75 Å². The summed E-state index contributed by atoms with van der Waals surface area (Å²) in [5.74, 6) is -0.830. The van der Waals surface area contributed by atoms with Crippen molar-refractivity contribution in [2.45, 2.75) is 31.2 Å². The first-order valence-electron chi connectivity index (χ1n) is 8.53. The molecule has 1 heterocycles. The number of aryl methyl sites for hydroxylation is 2. The van der Waals surface area contributed by atoms with Crippen LogP contribution in [0.1, 0.15) is 23.6 Å². The summed E-state index contributed by atoms with van der Waals surface area (Å²) in [7, 11) is 0. The van der Waals surface area contributed by atoms with E-state index in [9.17, 15) is 14.4 Å². The van der Waals surface area contributed by atoms with Crippen molar-refractivity contribution in [1.29, 1.82) is 0 Å². The third-order valence-electron chi connectivity index (χ3n) is 4.63. The Morgan fingerprint density at radius 3 is 2.48 bits per heavy atom. The van der Waals surface area contributed by atoms with Crippen LogP contribution in [0.5, 0.6) is 0 Å². The minimum Gasteiger partial charge on any atom is -0.318 e. The average molecular weight is 383 g/mol. The standard InChI is InChI=1S/C20H21N3O3S/c1-13-9-10-16(11-14(13)2)27-12-17(24)22-23-18(25)20(3,21-19(23)26)15-7-5-4-6-8-15/h4-11H,12H2,1-3H3,(H,21,26)(H,22,24)/t20-/m0/s1. The van der Waals surface area contributed by atoms with Crippen molar-refractivity contribution in [3.8, 4) is 0 Å². The molecule has 0 bridgehead atoms. The zero-order chi connectivity index (χ0) is 19.6. The maximum atomic E-state index is 12.8. The van der Waals surface area contributed by atoms with E-state index in [4.69, 9.17) is 0 Å². The molecule has 7 heteroatoms. The fraction of sp³-hybridized carbons (Fsp3) is 0.250. The Morgan fingerprint density at radius 2 is 1.81 bits per heavy atom. The normalized spacial score (nSPS) is 19.1. The summed E-state index contributed by atoms with van der Waals surface area (Å²) >= 11 is 1.35. The van der Waals surface area contributed by atoms with Gasteiger partial charge in [0.25, 0.3) is 5.91 Å². The van der Waals surface area contributed by atoms with Gasteiger partial charge >= 0.3 is 6.03 Å². The number of rotatable bonds is 5. The van der Waals surface area contributed by atoms with Crippen LogP contribution in [0.2, 0.25) is 0 Å². The lowest BCUT2D eigenvalue weighted by Crippen LogP contribution is -2.48. The molecule has 2 N–H and O–H groups in total. The molecule has 1 fully saturated rings. The van der Waals surface area contributed by atoms with Crippen LogP contribution in [0.25, 0.3) is 0 Å². The highest BCUT2D eigenvalue weighted by molar-refractivity contribution is 8.00. The fourth-order valence-corrected chi connectivity index (χ4v) is 3.60. The molecule has 1 saturated heterocycles. The van der Waals surface area contributed by atoms with Crippen molar-refractivity contribution in [3.05, 3.63) is 65.2 Å². The molecule has 3 rings (SSSR count). The highest BCUT2D eigenvalue weighted by atomic mass is 32.2.